The number of hydrogen-bond donors (Lipinski definition) is 1. The van der Waals surface area contributed by atoms with Gasteiger partial charge in [-0.3, -0.25) is 9.80 Å². The van der Waals surface area contributed by atoms with Gasteiger partial charge in [0.15, 0.2) is 17.2 Å². The van der Waals surface area contributed by atoms with E-state index in [1.165, 1.54) is 35.5 Å². The number of likely N-dealkylation sites (N-methyl/N-ethyl adjacent to an activating group) is 1. The largest absolute Gasteiger partial charge is 0.438 e. The highest BCUT2D eigenvalue weighted by Crippen LogP contribution is 2.41. The molecule has 8 nitrogen and oxygen atoms in total. The van der Waals surface area contributed by atoms with Crippen molar-refractivity contribution >= 4 is 45.8 Å². The van der Waals surface area contributed by atoms with Crippen molar-refractivity contribution in [2.45, 2.75) is 12.2 Å². The first-order valence-electron chi connectivity index (χ1n) is 9.88. The van der Waals surface area contributed by atoms with Gasteiger partial charge in [0, 0.05) is 24.5 Å². The maximum atomic E-state index is 14.4. The van der Waals surface area contributed by atoms with E-state index in [0.29, 0.717) is 18.5 Å². The predicted octanol–water partition coefficient (Wildman–Crippen LogP) is 4.41. The molecule has 2 aliphatic heterocycles. The van der Waals surface area contributed by atoms with Crippen molar-refractivity contribution in [1.29, 1.82) is 0 Å². The van der Waals surface area contributed by atoms with Gasteiger partial charge in [-0.25, -0.2) is 19.2 Å². The molecule has 0 atom stereocenters. The van der Waals surface area contributed by atoms with Crippen molar-refractivity contribution in [2.75, 3.05) is 36.9 Å². The number of aromatic nitrogens is 2. The third kappa shape index (κ3) is 3.87. The Morgan fingerprint density at radius 2 is 2.03 bits per heavy atom. The minimum atomic E-state index is -3.12. The van der Waals surface area contributed by atoms with Crippen LogP contribution in [-0.2, 0) is 4.74 Å². The second-order valence-corrected chi connectivity index (χ2v) is 8.38. The number of hydrogen-bond acceptors (Lipinski definition) is 7. The van der Waals surface area contributed by atoms with Gasteiger partial charge in [-0.15, -0.1) is 0 Å². The van der Waals surface area contributed by atoms with E-state index in [4.69, 9.17) is 21.1 Å². The molecular formula is C21H17ClF3N5O3. The fourth-order valence-corrected chi connectivity index (χ4v) is 4.39. The molecule has 3 heterocycles. The van der Waals surface area contributed by atoms with Gasteiger partial charge in [-0.2, -0.15) is 8.78 Å². The Hall–Kier alpha value is -3.31. The first kappa shape index (κ1) is 21.5. The highest BCUT2D eigenvalue weighted by atomic mass is 35.5. The lowest BCUT2D eigenvalue weighted by Crippen LogP contribution is -2.62. The third-order valence-corrected chi connectivity index (χ3v) is 5.81. The fourth-order valence-electron chi connectivity index (χ4n) is 4.21. The lowest BCUT2D eigenvalue weighted by Gasteiger charge is -2.43. The maximum absolute atomic E-state index is 14.4. The van der Waals surface area contributed by atoms with Crippen LogP contribution in [0.1, 0.15) is 0 Å². The summed E-state index contributed by atoms with van der Waals surface area (Å²) in [5, 5.41) is 3.12. The number of fused-ring (bicyclic) bond motifs is 1. The molecule has 2 saturated heterocycles. The first-order valence-corrected chi connectivity index (χ1v) is 10.3. The van der Waals surface area contributed by atoms with E-state index >= 15 is 0 Å². The quantitative estimate of drug-likeness (QED) is 0.580. The van der Waals surface area contributed by atoms with Gasteiger partial charge in [0.25, 0.3) is 0 Å². The van der Waals surface area contributed by atoms with Crippen LogP contribution in [-0.4, -0.2) is 59.9 Å². The van der Waals surface area contributed by atoms with Crippen LogP contribution in [0.3, 0.4) is 0 Å². The van der Waals surface area contributed by atoms with Crippen LogP contribution < -0.4 is 15.0 Å². The van der Waals surface area contributed by atoms with E-state index in [1.54, 1.807) is 6.07 Å². The van der Waals surface area contributed by atoms with Gasteiger partial charge < -0.3 is 14.8 Å². The highest BCUT2D eigenvalue weighted by Gasteiger charge is 2.53. The van der Waals surface area contributed by atoms with Crippen molar-refractivity contribution in [1.82, 2.24) is 14.9 Å². The summed E-state index contributed by atoms with van der Waals surface area (Å²) in [6.07, 6.45) is 0.524. The van der Waals surface area contributed by atoms with Gasteiger partial charge in [-0.1, -0.05) is 17.7 Å². The summed E-state index contributed by atoms with van der Waals surface area (Å²) in [6.45, 7) is -1.90. The standard InChI is InChI=1S/C21H17ClF3N5O3/c1-29-7-21(8-29)9-30(20(31)33-21)15-5-11-14(6-16(15)32-19(24)25)26-10-27-18(11)28-13-4-2-3-12(22)17(13)23/h2-6,10,19H,7-9H2,1H3,(H,26,27,28). The van der Waals surface area contributed by atoms with Crippen LogP contribution in [0, 0.1) is 5.82 Å². The molecule has 1 spiro atoms. The molecule has 0 bridgehead atoms. The molecule has 1 aromatic heterocycles. The minimum Gasteiger partial charge on any atom is -0.438 e. The van der Waals surface area contributed by atoms with Crippen LogP contribution >= 0.6 is 11.6 Å². The molecule has 3 aromatic rings. The minimum absolute atomic E-state index is 0.0639. The van der Waals surface area contributed by atoms with Gasteiger partial charge >= 0.3 is 12.7 Å². The lowest BCUT2D eigenvalue weighted by atomic mass is 9.95. The van der Waals surface area contributed by atoms with Crippen molar-refractivity contribution < 1.29 is 27.4 Å². The Morgan fingerprint density at radius 1 is 1.24 bits per heavy atom. The molecule has 2 fully saturated rings. The summed E-state index contributed by atoms with van der Waals surface area (Å²) in [5.74, 6) is -0.725. The van der Waals surface area contributed by atoms with E-state index in [-0.39, 0.29) is 40.0 Å². The second kappa shape index (κ2) is 7.92. The molecule has 172 valence electrons. The van der Waals surface area contributed by atoms with Crippen molar-refractivity contribution in [3.8, 4) is 5.75 Å². The number of halogens is 4. The summed E-state index contributed by atoms with van der Waals surface area (Å²) >= 11 is 5.85. The Morgan fingerprint density at radius 3 is 2.76 bits per heavy atom. The van der Waals surface area contributed by atoms with E-state index < -0.39 is 24.1 Å². The zero-order chi connectivity index (χ0) is 23.3. The number of alkyl halides is 2. The number of ether oxygens (including phenoxy) is 2. The molecule has 0 unspecified atom stereocenters. The zero-order valence-corrected chi connectivity index (χ0v) is 17.9. The Bertz CT molecular complexity index is 1260. The summed E-state index contributed by atoms with van der Waals surface area (Å²) in [7, 11) is 1.88. The molecule has 2 aromatic carbocycles. The number of benzene rings is 2. The summed E-state index contributed by atoms with van der Waals surface area (Å²) < 4.78 is 51.0. The van der Waals surface area contributed by atoms with Crippen LogP contribution in [0.4, 0.5) is 35.2 Å². The summed E-state index contributed by atoms with van der Waals surface area (Å²) in [5.41, 5.74) is -0.321. The Labute approximate surface area is 190 Å². The highest BCUT2D eigenvalue weighted by molar-refractivity contribution is 6.31. The monoisotopic (exact) mass is 479 g/mol. The average Bonchev–Trinajstić information content (AvgIpc) is 3.07. The number of nitrogens with zero attached hydrogens (tertiary/aromatic N) is 4. The molecule has 1 amide bonds. The number of carbonyl (C=O) groups excluding carboxylic acids is 1. The van der Waals surface area contributed by atoms with Crippen LogP contribution in [0.15, 0.2) is 36.7 Å². The van der Waals surface area contributed by atoms with E-state index in [1.807, 2.05) is 11.9 Å². The topological polar surface area (TPSA) is 79.8 Å². The molecule has 1 N–H and O–H groups in total. The van der Waals surface area contributed by atoms with Crippen LogP contribution in [0.5, 0.6) is 5.75 Å². The van der Waals surface area contributed by atoms with Gasteiger partial charge in [0.2, 0.25) is 0 Å². The number of carbonyl (C=O) groups is 1. The zero-order valence-electron chi connectivity index (χ0n) is 17.2. The molecule has 0 aliphatic carbocycles. The first-order chi connectivity index (χ1) is 15.7. The number of anilines is 3. The van der Waals surface area contributed by atoms with E-state index in [9.17, 15) is 18.0 Å². The molecule has 5 rings (SSSR count). The Balaban J connectivity index is 1.59. The summed E-state index contributed by atoms with van der Waals surface area (Å²) in [4.78, 5) is 24.1. The lowest BCUT2D eigenvalue weighted by molar-refractivity contribution is -0.0599. The fraction of sp³-hybridized carbons (Fsp3) is 0.286. The number of nitrogens with one attached hydrogen (secondary N) is 1. The number of rotatable bonds is 5. The van der Waals surface area contributed by atoms with Crippen molar-refractivity contribution in [3.05, 3.63) is 47.5 Å². The SMILES string of the molecule is CN1CC2(C1)CN(c1cc3c(Nc4cccc(Cl)c4F)ncnc3cc1OC(F)F)C(=O)O2. The average molecular weight is 480 g/mol. The molecule has 0 saturated carbocycles. The van der Waals surface area contributed by atoms with Crippen molar-refractivity contribution in [3.63, 3.8) is 0 Å². The van der Waals surface area contributed by atoms with Crippen molar-refractivity contribution in [2.24, 2.45) is 0 Å². The van der Waals surface area contributed by atoms with Crippen LogP contribution in [0.25, 0.3) is 10.9 Å². The number of amides is 1. The maximum Gasteiger partial charge on any atom is 0.415 e. The predicted molar refractivity (Wildman–Crippen MR) is 115 cm³/mol. The van der Waals surface area contributed by atoms with Gasteiger partial charge in [-0.05, 0) is 25.2 Å². The normalized spacial score (nSPS) is 17.5. The number of likely N-dealkylation sites (tertiary alicyclic amines) is 1. The molecular weight excluding hydrogens is 463 g/mol. The van der Waals surface area contributed by atoms with E-state index in [0.717, 1.165) is 0 Å². The van der Waals surface area contributed by atoms with Gasteiger partial charge in [0.05, 0.1) is 28.5 Å². The molecule has 33 heavy (non-hydrogen) atoms. The summed E-state index contributed by atoms with van der Waals surface area (Å²) in [6, 6.07) is 7.16. The smallest absolute Gasteiger partial charge is 0.415 e. The van der Waals surface area contributed by atoms with E-state index in [2.05, 4.69) is 15.3 Å². The third-order valence-electron chi connectivity index (χ3n) is 5.51. The molecule has 0 radical (unpaired) electrons. The molecule has 12 heteroatoms. The van der Waals surface area contributed by atoms with Gasteiger partial charge in [0.1, 0.15) is 12.1 Å². The second-order valence-electron chi connectivity index (χ2n) is 7.97. The van der Waals surface area contributed by atoms with Crippen LogP contribution in [0.2, 0.25) is 5.02 Å². The molecule has 2 aliphatic rings. The Kier molecular flexibility index (Phi) is 5.17.